The first-order valence-corrected chi connectivity index (χ1v) is 14.6. The van der Waals surface area contributed by atoms with E-state index < -0.39 is 60.7 Å². The van der Waals surface area contributed by atoms with Crippen molar-refractivity contribution >= 4 is 11.8 Å². The molecule has 41 heavy (non-hydrogen) atoms. The molecule has 0 aromatic rings. The number of fused-ring (bicyclic) bond motifs is 1. The predicted molar refractivity (Wildman–Crippen MR) is 156 cm³/mol. The van der Waals surface area contributed by atoms with Crippen LogP contribution in [0.5, 0.6) is 0 Å². The molecule has 232 valence electrons. The van der Waals surface area contributed by atoms with Crippen molar-refractivity contribution in [2.75, 3.05) is 6.61 Å². The lowest BCUT2D eigenvalue weighted by molar-refractivity contribution is -0.149. The number of epoxide rings is 1. The van der Waals surface area contributed by atoms with Gasteiger partial charge in [-0.2, -0.15) is 0 Å². The van der Waals surface area contributed by atoms with E-state index >= 15 is 0 Å². The zero-order chi connectivity index (χ0) is 30.9. The zero-order valence-electron chi connectivity index (χ0n) is 25.2. The van der Waals surface area contributed by atoms with Gasteiger partial charge < -0.3 is 35.0 Å². The Balaban J connectivity index is 2.18. The summed E-state index contributed by atoms with van der Waals surface area (Å²) in [5.74, 6) is -1.77. The van der Waals surface area contributed by atoms with Crippen LogP contribution >= 0.6 is 0 Å². The topological polar surface area (TPSA) is 157 Å². The molecule has 2 aliphatic heterocycles. The minimum Gasteiger partial charge on any atom is -0.457 e. The molecule has 5 N–H and O–H groups in total. The fourth-order valence-corrected chi connectivity index (χ4v) is 5.18. The molecule has 0 aromatic carbocycles. The Hall–Kier alpha value is -2.14. The standard InChI is InChI=1S/C32H50O9/c1-19-12-20(2)14-28-27(41-28)11-9-7-8-10-21(3)31(38)40-25(18-33)15-22(4)29(36)30(37)26(35)16-24(34)17-32(6,39)23(5)13-19/h9-11,13,20,22,24-25,27-30,33-34,36-37,39H,1,7-8,12,14-18H2,2-6H3/b11-9+,21-10+,23-13+/t20?,22-,24-,25-,27+,28+,29+,30+,32+/m1/s1. The third-order valence-electron chi connectivity index (χ3n) is 7.99. The van der Waals surface area contributed by atoms with Crippen LogP contribution in [0.4, 0.5) is 0 Å². The molecule has 1 fully saturated rings. The maximum Gasteiger partial charge on any atom is 0.333 e. The largest absolute Gasteiger partial charge is 0.457 e. The first kappa shape index (κ1) is 35.1. The molecular formula is C32H50O9. The molecule has 0 aromatic heterocycles. The Morgan fingerprint density at radius 3 is 2.41 bits per heavy atom. The van der Waals surface area contributed by atoms with E-state index in [1.54, 1.807) is 39.8 Å². The van der Waals surface area contributed by atoms with Crippen LogP contribution in [0, 0.1) is 11.8 Å². The van der Waals surface area contributed by atoms with E-state index in [9.17, 15) is 35.1 Å². The lowest BCUT2D eigenvalue weighted by atomic mass is 9.85. The van der Waals surface area contributed by atoms with Crippen molar-refractivity contribution in [2.45, 2.75) is 122 Å². The Morgan fingerprint density at radius 2 is 1.76 bits per heavy atom. The lowest BCUT2D eigenvalue weighted by Gasteiger charge is -2.29. The second kappa shape index (κ2) is 15.9. The van der Waals surface area contributed by atoms with Crippen LogP contribution in [0.15, 0.2) is 47.6 Å². The van der Waals surface area contributed by atoms with Gasteiger partial charge in [0.1, 0.15) is 18.3 Å². The van der Waals surface area contributed by atoms with Crippen LogP contribution in [0.3, 0.4) is 0 Å². The van der Waals surface area contributed by atoms with Gasteiger partial charge in [-0.15, -0.1) is 0 Å². The SMILES string of the molecule is C=C1/C=C(\C)[C@@](C)(O)C[C@H](O)CC(=O)[C@H](O)[C@@H](O)[C@H](C)C[C@H](CO)OC(=O)/C(C)=C/CC/C=C/[C@@H]2O[C@H]2CC(C)C1. The number of cyclic esters (lactones) is 1. The van der Waals surface area contributed by atoms with Gasteiger partial charge in [-0.1, -0.05) is 50.3 Å². The van der Waals surface area contributed by atoms with E-state index in [2.05, 4.69) is 13.5 Å². The second-order valence-electron chi connectivity index (χ2n) is 12.2. The van der Waals surface area contributed by atoms with Gasteiger partial charge in [0.2, 0.25) is 0 Å². The number of hydrogen-bond donors (Lipinski definition) is 5. The number of carbonyl (C=O) groups excluding carboxylic acids is 2. The molecule has 9 heteroatoms. The van der Waals surface area contributed by atoms with Gasteiger partial charge in [0.25, 0.3) is 0 Å². The average Bonchev–Trinajstić information content (AvgIpc) is 3.62. The van der Waals surface area contributed by atoms with Gasteiger partial charge in [-0.25, -0.2) is 4.79 Å². The van der Waals surface area contributed by atoms with Crippen molar-refractivity contribution in [3.8, 4) is 0 Å². The minimum absolute atomic E-state index is 0.01000. The van der Waals surface area contributed by atoms with E-state index in [0.717, 1.165) is 18.4 Å². The minimum atomic E-state index is -1.79. The van der Waals surface area contributed by atoms with Gasteiger partial charge in [0.15, 0.2) is 5.78 Å². The molecule has 1 unspecified atom stereocenters. The number of carbonyl (C=O) groups is 2. The van der Waals surface area contributed by atoms with Gasteiger partial charge in [0, 0.05) is 18.4 Å². The summed E-state index contributed by atoms with van der Waals surface area (Å²) >= 11 is 0. The summed E-state index contributed by atoms with van der Waals surface area (Å²) in [5, 5.41) is 52.4. The number of esters is 1. The highest BCUT2D eigenvalue weighted by atomic mass is 16.6. The molecule has 9 nitrogen and oxygen atoms in total. The summed E-state index contributed by atoms with van der Waals surface area (Å²) in [6.45, 7) is 12.2. The summed E-state index contributed by atoms with van der Waals surface area (Å²) in [4.78, 5) is 25.2. The predicted octanol–water partition coefficient (Wildman–Crippen LogP) is 3.08. The maximum absolute atomic E-state index is 12.7. The van der Waals surface area contributed by atoms with Crippen LogP contribution in [0.25, 0.3) is 0 Å². The number of ketones is 1. The highest BCUT2D eigenvalue weighted by Crippen LogP contribution is 2.33. The Labute approximate surface area is 244 Å². The molecule has 0 aliphatic carbocycles. The highest BCUT2D eigenvalue weighted by Gasteiger charge is 2.37. The molecule has 0 radical (unpaired) electrons. The van der Waals surface area contributed by atoms with E-state index in [1.165, 1.54) is 0 Å². The number of rotatable bonds is 1. The number of allylic oxidation sites excluding steroid dienone is 4. The van der Waals surface area contributed by atoms with Gasteiger partial charge >= 0.3 is 5.97 Å². The van der Waals surface area contributed by atoms with Gasteiger partial charge in [0.05, 0.1) is 30.5 Å². The molecular weight excluding hydrogens is 528 g/mol. The second-order valence-corrected chi connectivity index (χ2v) is 12.2. The Bertz CT molecular complexity index is 995. The number of Topliss-reactive ketones (excluding diaryl/α,β-unsaturated/α-hetero) is 1. The molecule has 2 aliphatic rings. The Kier molecular flexibility index (Phi) is 13.6. The van der Waals surface area contributed by atoms with Crippen LogP contribution in [-0.4, -0.2) is 86.1 Å². The third-order valence-corrected chi connectivity index (χ3v) is 7.99. The van der Waals surface area contributed by atoms with Gasteiger partial charge in [-0.3, -0.25) is 4.79 Å². The van der Waals surface area contributed by atoms with E-state index in [-0.39, 0.29) is 25.0 Å². The van der Waals surface area contributed by atoms with Crippen molar-refractivity contribution in [3.63, 3.8) is 0 Å². The van der Waals surface area contributed by atoms with Gasteiger partial charge in [-0.05, 0) is 70.3 Å². The molecule has 1 saturated heterocycles. The van der Waals surface area contributed by atoms with Crippen molar-refractivity contribution in [1.29, 1.82) is 0 Å². The smallest absolute Gasteiger partial charge is 0.333 e. The van der Waals surface area contributed by atoms with E-state index in [4.69, 9.17) is 9.47 Å². The molecule has 0 bridgehead atoms. The molecule has 0 spiro atoms. The molecule has 9 atom stereocenters. The number of hydrogen-bond acceptors (Lipinski definition) is 9. The number of ether oxygens (including phenoxy) is 2. The number of aliphatic hydroxyl groups excluding tert-OH is 4. The van der Waals surface area contributed by atoms with Crippen LogP contribution in [-0.2, 0) is 19.1 Å². The first-order chi connectivity index (χ1) is 19.1. The molecule has 0 amide bonds. The third kappa shape index (κ3) is 11.6. The van der Waals surface area contributed by atoms with Crippen LogP contribution in [0.1, 0.15) is 79.6 Å². The fraction of sp³-hybridized carbons (Fsp3) is 0.688. The molecule has 2 rings (SSSR count). The highest BCUT2D eigenvalue weighted by molar-refractivity contribution is 5.87. The van der Waals surface area contributed by atoms with Crippen molar-refractivity contribution in [3.05, 3.63) is 47.6 Å². The summed E-state index contributed by atoms with van der Waals surface area (Å²) < 4.78 is 11.2. The van der Waals surface area contributed by atoms with E-state index in [1.807, 2.05) is 12.2 Å². The summed E-state index contributed by atoms with van der Waals surface area (Å²) in [6.07, 6.45) is 4.68. The van der Waals surface area contributed by atoms with Crippen LogP contribution in [0.2, 0.25) is 0 Å². The van der Waals surface area contributed by atoms with E-state index in [0.29, 0.717) is 29.9 Å². The lowest BCUT2D eigenvalue weighted by Crippen LogP contribution is -2.42. The summed E-state index contributed by atoms with van der Waals surface area (Å²) in [6, 6.07) is 0. The molecule has 0 saturated carbocycles. The van der Waals surface area contributed by atoms with Crippen molar-refractivity contribution < 1.29 is 44.6 Å². The normalized spacial score (nSPS) is 41.3. The summed E-state index contributed by atoms with van der Waals surface area (Å²) in [7, 11) is 0. The first-order valence-electron chi connectivity index (χ1n) is 14.6. The van der Waals surface area contributed by atoms with Crippen molar-refractivity contribution in [1.82, 2.24) is 0 Å². The fourth-order valence-electron chi connectivity index (χ4n) is 5.18. The van der Waals surface area contributed by atoms with Crippen molar-refractivity contribution in [2.24, 2.45) is 11.8 Å². The quantitative estimate of drug-likeness (QED) is 0.179. The monoisotopic (exact) mass is 578 g/mol. The average molecular weight is 579 g/mol. The number of aliphatic hydroxyl groups is 5. The summed E-state index contributed by atoms with van der Waals surface area (Å²) in [5.41, 5.74) is 0.401. The maximum atomic E-state index is 12.7. The zero-order valence-corrected chi connectivity index (χ0v) is 25.2. The van der Waals surface area contributed by atoms with Crippen LogP contribution < -0.4 is 0 Å². The molecule has 2 heterocycles. The Morgan fingerprint density at radius 1 is 1.07 bits per heavy atom.